The number of nitrogens with one attached hydrogen (secondary N) is 3. The number of pyridine rings is 1. The third kappa shape index (κ3) is 7.38. The molecule has 278 valence electrons. The van der Waals surface area contributed by atoms with Crippen LogP contribution in [-0.2, 0) is 24.4 Å². The molecule has 3 aromatic rings. The first-order valence-corrected chi connectivity index (χ1v) is 18.7. The molecule has 1 aliphatic heterocycles. The first-order valence-electron chi connectivity index (χ1n) is 16.8. The van der Waals surface area contributed by atoms with Crippen LogP contribution < -0.4 is 24.8 Å². The number of benzene rings is 2. The molecule has 0 radical (unpaired) electrons. The average Bonchev–Trinajstić information content (AvgIpc) is 4.01. The number of halogens is 3. The van der Waals surface area contributed by atoms with Gasteiger partial charge in [0.2, 0.25) is 27.7 Å². The molecule has 5 atom stereocenters. The number of aromatic nitrogens is 1. The Morgan fingerprint density at radius 3 is 2.46 bits per heavy atom. The molecule has 0 bridgehead atoms. The van der Waals surface area contributed by atoms with Crippen molar-refractivity contribution in [2.45, 2.75) is 75.4 Å². The van der Waals surface area contributed by atoms with Crippen molar-refractivity contribution in [2.24, 2.45) is 11.3 Å². The van der Waals surface area contributed by atoms with Gasteiger partial charge in [-0.2, -0.15) is 0 Å². The lowest BCUT2D eigenvalue weighted by Crippen LogP contribution is -2.58. The minimum Gasteiger partial charge on any atom is -0.494 e. The second-order valence-electron chi connectivity index (χ2n) is 14.6. The number of nitrogens with zero attached hydrogens (tertiary/aromatic N) is 2. The number of anilines is 1. The molecule has 2 aliphatic carbocycles. The molecule has 1 aromatic heterocycles. The van der Waals surface area contributed by atoms with Crippen molar-refractivity contribution in [1.29, 1.82) is 0 Å². The minimum atomic E-state index is -3.93. The minimum absolute atomic E-state index is 0.0355. The lowest BCUT2D eigenvalue weighted by Gasteiger charge is -2.36. The number of amides is 3. The number of hydrogen-bond acceptors (Lipinski definition) is 9. The molecular weight excluding hydrogens is 720 g/mol. The Morgan fingerprint density at radius 2 is 1.85 bits per heavy atom. The molecule has 6 rings (SSSR count). The Kier molecular flexibility index (Phi) is 9.89. The highest BCUT2D eigenvalue weighted by molar-refractivity contribution is 7.91. The molecule has 2 heterocycles. The van der Waals surface area contributed by atoms with Crippen molar-refractivity contribution in [3.05, 3.63) is 71.9 Å². The van der Waals surface area contributed by atoms with Crippen LogP contribution in [0.15, 0.2) is 55.3 Å². The van der Waals surface area contributed by atoms with Gasteiger partial charge in [0.25, 0.3) is 5.91 Å². The van der Waals surface area contributed by atoms with Crippen LogP contribution in [-0.4, -0.2) is 78.7 Å². The number of sulfonamides is 1. The zero-order valence-electron chi connectivity index (χ0n) is 29.0. The van der Waals surface area contributed by atoms with Crippen LogP contribution in [0.1, 0.15) is 46.5 Å². The summed E-state index contributed by atoms with van der Waals surface area (Å²) in [6.45, 7) is 8.97. The van der Waals surface area contributed by atoms with Crippen LogP contribution in [0, 0.1) is 23.0 Å². The van der Waals surface area contributed by atoms with Crippen molar-refractivity contribution < 1.29 is 41.1 Å². The molecule has 3 aliphatic rings. The third-order valence-electron chi connectivity index (χ3n) is 9.72. The van der Waals surface area contributed by atoms with Gasteiger partial charge in [-0.3, -0.25) is 19.1 Å². The van der Waals surface area contributed by atoms with Gasteiger partial charge in [-0.25, -0.2) is 22.2 Å². The van der Waals surface area contributed by atoms with Gasteiger partial charge in [0, 0.05) is 39.9 Å². The van der Waals surface area contributed by atoms with Crippen molar-refractivity contribution >= 4 is 55.8 Å². The van der Waals surface area contributed by atoms with Gasteiger partial charge in [0.15, 0.2) is 11.6 Å². The Bertz CT molecular complexity index is 2060. The zero-order chi connectivity index (χ0) is 37.7. The predicted molar refractivity (Wildman–Crippen MR) is 190 cm³/mol. The fourth-order valence-corrected chi connectivity index (χ4v) is 8.08. The van der Waals surface area contributed by atoms with Gasteiger partial charge >= 0.3 is 0 Å². The van der Waals surface area contributed by atoms with Crippen molar-refractivity contribution in [1.82, 2.24) is 19.9 Å². The summed E-state index contributed by atoms with van der Waals surface area (Å²) in [5.74, 6) is -4.20. The summed E-state index contributed by atoms with van der Waals surface area (Å²) in [6, 6.07) is 6.04. The van der Waals surface area contributed by atoms with Crippen LogP contribution in [0.3, 0.4) is 0 Å². The quantitative estimate of drug-likeness (QED) is 0.223. The van der Waals surface area contributed by atoms with E-state index in [1.54, 1.807) is 39.0 Å². The second-order valence-corrected chi connectivity index (χ2v) is 17.0. The molecule has 3 N–H and O–H groups in total. The van der Waals surface area contributed by atoms with Crippen molar-refractivity contribution in [2.75, 3.05) is 19.0 Å². The third-order valence-corrected chi connectivity index (χ3v) is 11.8. The normalized spacial score (nSPS) is 23.4. The summed E-state index contributed by atoms with van der Waals surface area (Å²) in [5.41, 5.74) is -2.26. The Balaban J connectivity index is 1.32. The van der Waals surface area contributed by atoms with Gasteiger partial charge < -0.3 is 25.0 Å². The van der Waals surface area contributed by atoms with E-state index in [2.05, 4.69) is 26.9 Å². The van der Waals surface area contributed by atoms with Crippen LogP contribution in [0.4, 0.5) is 14.5 Å². The van der Waals surface area contributed by atoms with E-state index in [0.29, 0.717) is 34.4 Å². The molecule has 3 fully saturated rings. The first-order chi connectivity index (χ1) is 24.5. The number of hydrogen-bond donors (Lipinski definition) is 3. The Morgan fingerprint density at radius 1 is 1.12 bits per heavy atom. The lowest BCUT2D eigenvalue weighted by molar-refractivity contribution is -0.141. The number of carbonyl (C=O) groups excluding carboxylic acids is 3. The summed E-state index contributed by atoms with van der Waals surface area (Å²) >= 11 is 6.31. The largest absolute Gasteiger partial charge is 0.494 e. The standard InChI is InChI=1S/C36H40ClF2N5O7S/c1-6-19-16-36(19,34(47)43-52(48,49)23-9-10-23)42-31(45)28-15-22(51-32-25-13-20(37)7-11-24(25)29(50-5)17-40-32)18-44(28)33(46)30(35(2,3)4)41-21-8-12-26(38)27(39)14-21/h6-8,11-14,17,19,22-23,28,30,41H,1,9-10,15-16,18H2,2-5H3,(H,42,45)(H,43,47)/t19-,22-,28+,30+,36-/m1/s1. The summed E-state index contributed by atoms with van der Waals surface area (Å²) in [5, 5.41) is 6.72. The summed E-state index contributed by atoms with van der Waals surface area (Å²) in [6.07, 6.45) is 3.11. The number of rotatable bonds is 12. The van der Waals surface area contributed by atoms with Crippen LogP contribution in [0.5, 0.6) is 11.6 Å². The molecular formula is C36H40ClF2N5O7S. The van der Waals surface area contributed by atoms with E-state index in [9.17, 15) is 31.6 Å². The number of methoxy groups -OCH3 is 1. The number of fused-ring (bicyclic) bond motifs is 1. The number of likely N-dealkylation sites (tertiary alicyclic amines) is 1. The van der Waals surface area contributed by atoms with E-state index in [4.69, 9.17) is 21.1 Å². The zero-order valence-corrected chi connectivity index (χ0v) is 30.6. The lowest BCUT2D eigenvalue weighted by atomic mass is 9.85. The summed E-state index contributed by atoms with van der Waals surface area (Å²) < 4.78 is 67.2. The highest BCUT2D eigenvalue weighted by Gasteiger charge is 2.62. The maximum absolute atomic E-state index is 14.5. The van der Waals surface area contributed by atoms with E-state index < -0.39 is 79.7 Å². The second kappa shape index (κ2) is 13.8. The first kappa shape index (κ1) is 37.3. The van der Waals surface area contributed by atoms with E-state index in [0.717, 1.165) is 12.1 Å². The van der Waals surface area contributed by atoms with E-state index >= 15 is 0 Å². The summed E-state index contributed by atoms with van der Waals surface area (Å²) in [7, 11) is -2.43. The average molecular weight is 760 g/mol. The van der Waals surface area contributed by atoms with E-state index in [-0.39, 0.29) is 31.0 Å². The molecule has 1 saturated heterocycles. The molecule has 52 heavy (non-hydrogen) atoms. The molecule has 3 amide bonds. The van der Waals surface area contributed by atoms with E-state index in [1.807, 2.05) is 0 Å². The highest BCUT2D eigenvalue weighted by Crippen LogP contribution is 2.46. The molecule has 0 unspecified atom stereocenters. The molecule has 2 aromatic carbocycles. The Labute approximate surface area is 305 Å². The highest BCUT2D eigenvalue weighted by atomic mass is 35.5. The van der Waals surface area contributed by atoms with Crippen LogP contribution >= 0.6 is 11.6 Å². The number of carbonyl (C=O) groups is 3. The maximum atomic E-state index is 14.5. The fraction of sp³-hybridized carbons (Fsp3) is 0.444. The van der Waals surface area contributed by atoms with Gasteiger partial charge in [-0.1, -0.05) is 38.4 Å². The van der Waals surface area contributed by atoms with Crippen LogP contribution in [0.25, 0.3) is 10.8 Å². The summed E-state index contributed by atoms with van der Waals surface area (Å²) in [4.78, 5) is 48.0. The van der Waals surface area contributed by atoms with Crippen molar-refractivity contribution in [3.8, 4) is 11.6 Å². The van der Waals surface area contributed by atoms with Crippen LogP contribution in [0.2, 0.25) is 5.02 Å². The van der Waals surface area contributed by atoms with Gasteiger partial charge in [0.05, 0.1) is 25.1 Å². The molecule has 16 heteroatoms. The van der Waals surface area contributed by atoms with Gasteiger partial charge in [0.1, 0.15) is 29.5 Å². The Hall–Kier alpha value is -4.50. The SMILES string of the molecule is C=C[C@@H]1C[C@]1(NC(=O)[C@@H]1C[C@@H](Oc2ncc(OC)c3ccc(Cl)cc23)CN1C(=O)[C@H](Nc1ccc(F)c(F)c1)C(C)(C)C)C(=O)NS(=O)(=O)C1CC1. The molecule has 12 nitrogen and oxygen atoms in total. The smallest absolute Gasteiger partial charge is 0.259 e. The predicted octanol–water partition coefficient (Wildman–Crippen LogP) is 4.72. The fourth-order valence-electron chi connectivity index (χ4n) is 6.54. The van der Waals surface area contributed by atoms with Gasteiger partial charge in [-0.15, -0.1) is 6.58 Å². The monoisotopic (exact) mass is 759 g/mol. The maximum Gasteiger partial charge on any atom is 0.259 e. The topological polar surface area (TPSA) is 156 Å². The van der Waals surface area contributed by atoms with E-state index in [1.165, 1.54) is 30.3 Å². The molecule has 0 spiro atoms. The number of ether oxygens (including phenoxy) is 2. The van der Waals surface area contributed by atoms with Crippen molar-refractivity contribution in [3.63, 3.8) is 0 Å². The van der Waals surface area contributed by atoms with Gasteiger partial charge in [-0.05, 0) is 55.0 Å². The molecule has 2 saturated carbocycles.